The van der Waals surface area contributed by atoms with Gasteiger partial charge in [0.2, 0.25) is 0 Å². The number of ether oxygens (including phenoxy) is 3. The maximum absolute atomic E-state index is 11.8. The fourth-order valence-electron chi connectivity index (χ4n) is 3.13. The molecule has 1 aliphatic rings. The van der Waals surface area contributed by atoms with E-state index in [0.29, 0.717) is 39.3 Å². The first-order chi connectivity index (χ1) is 12.1. The van der Waals surface area contributed by atoms with Gasteiger partial charge in [0.05, 0.1) is 44.4 Å². The minimum absolute atomic E-state index is 0.0885. The maximum atomic E-state index is 11.8. The van der Waals surface area contributed by atoms with Crippen LogP contribution >= 0.6 is 0 Å². The summed E-state index contributed by atoms with van der Waals surface area (Å²) >= 11 is 0. The van der Waals surface area contributed by atoms with Gasteiger partial charge in [-0.25, -0.2) is 9.78 Å². The van der Waals surface area contributed by atoms with Gasteiger partial charge < -0.3 is 23.5 Å². The normalized spacial score (nSPS) is 17.9. The Hall–Kier alpha value is -2.12. The van der Waals surface area contributed by atoms with Crippen molar-refractivity contribution in [3.05, 3.63) is 35.3 Å². The number of hydrogen-bond donors (Lipinski definition) is 0. The van der Waals surface area contributed by atoms with Crippen molar-refractivity contribution in [2.24, 2.45) is 0 Å². The molecule has 0 spiro atoms. The lowest BCUT2D eigenvalue weighted by Gasteiger charge is -2.32. The molecule has 1 fully saturated rings. The monoisotopic (exact) mass is 347 g/mol. The third-order valence-electron chi connectivity index (χ3n) is 4.40. The highest BCUT2D eigenvalue weighted by atomic mass is 16.5. The molecule has 1 aliphatic heterocycles. The van der Waals surface area contributed by atoms with Gasteiger partial charge in [0.1, 0.15) is 5.65 Å². The van der Waals surface area contributed by atoms with Gasteiger partial charge in [-0.2, -0.15) is 0 Å². The minimum Gasteiger partial charge on any atom is -0.453 e. The van der Waals surface area contributed by atoms with Crippen LogP contribution in [0.1, 0.15) is 23.9 Å². The van der Waals surface area contributed by atoms with Gasteiger partial charge in [0.15, 0.2) is 0 Å². The first kappa shape index (κ1) is 17.7. The molecule has 0 aromatic carbocycles. The van der Waals surface area contributed by atoms with Crippen molar-refractivity contribution in [1.82, 2.24) is 14.3 Å². The summed E-state index contributed by atoms with van der Waals surface area (Å²) < 4.78 is 18.4. The van der Waals surface area contributed by atoms with E-state index in [-0.39, 0.29) is 12.2 Å². The Labute approximate surface area is 147 Å². The average molecular weight is 347 g/mol. The second-order valence-corrected chi connectivity index (χ2v) is 6.19. The number of nitrogens with zero attached hydrogens (tertiary/aromatic N) is 3. The molecule has 0 bridgehead atoms. The molecule has 0 radical (unpaired) electrons. The van der Waals surface area contributed by atoms with E-state index in [1.807, 2.05) is 13.1 Å². The number of hydrogen-bond acceptors (Lipinski definition) is 5. The van der Waals surface area contributed by atoms with Crippen molar-refractivity contribution in [3.8, 4) is 0 Å². The van der Waals surface area contributed by atoms with Gasteiger partial charge >= 0.3 is 6.09 Å². The van der Waals surface area contributed by atoms with Gasteiger partial charge in [-0.05, 0) is 31.5 Å². The standard InChI is InChI=1S/C18H25N3O4/c1-4-24-12-15-16(21-6-5-13(2)9-17(21)19-15)10-14-11-20(7-8-25-14)18(22)23-3/h5-6,9,14H,4,7-8,10-12H2,1-3H3/t14-/m0/s1. The molecule has 1 saturated heterocycles. The summed E-state index contributed by atoms with van der Waals surface area (Å²) in [7, 11) is 1.40. The molecule has 2 aromatic rings. The molecule has 25 heavy (non-hydrogen) atoms. The maximum Gasteiger partial charge on any atom is 0.409 e. The molecule has 7 heteroatoms. The van der Waals surface area contributed by atoms with Gasteiger partial charge in [-0.1, -0.05) is 0 Å². The fraction of sp³-hybridized carbons (Fsp3) is 0.556. The van der Waals surface area contributed by atoms with Crippen molar-refractivity contribution in [2.75, 3.05) is 33.4 Å². The number of carbonyl (C=O) groups excluding carboxylic acids is 1. The van der Waals surface area contributed by atoms with Crippen LogP contribution in [0.2, 0.25) is 0 Å². The lowest BCUT2D eigenvalue weighted by atomic mass is 10.1. The molecule has 3 heterocycles. The van der Waals surface area contributed by atoms with E-state index in [1.54, 1.807) is 4.90 Å². The fourth-order valence-corrected chi connectivity index (χ4v) is 3.13. The Morgan fingerprint density at radius 1 is 1.48 bits per heavy atom. The second kappa shape index (κ2) is 7.84. The third-order valence-corrected chi connectivity index (χ3v) is 4.40. The number of aryl methyl sites for hydroxylation is 1. The lowest BCUT2D eigenvalue weighted by molar-refractivity contribution is -0.0244. The first-order valence-electron chi connectivity index (χ1n) is 8.61. The van der Waals surface area contributed by atoms with Crippen molar-refractivity contribution < 1.29 is 19.0 Å². The molecular weight excluding hydrogens is 322 g/mol. The Morgan fingerprint density at radius 2 is 2.32 bits per heavy atom. The van der Waals surface area contributed by atoms with Gasteiger partial charge in [-0.3, -0.25) is 0 Å². The van der Waals surface area contributed by atoms with Crippen molar-refractivity contribution in [3.63, 3.8) is 0 Å². The van der Waals surface area contributed by atoms with Crippen LogP contribution in [0.25, 0.3) is 5.65 Å². The van der Waals surface area contributed by atoms with Crippen molar-refractivity contribution in [2.45, 2.75) is 33.0 Å². The summed E-state index contributed by atoms with van der Waals surface area (Å²) in [5.41, 5.74) is 4.06. The highest BCUT2D eigenvalue weighted by Crippen LogP contribution is 2.20. The number of morpholine rings is 1. The molecular formula is C18H25N3O4. The van der Waals surface area contributed by atoms with E-state index in [9.17, 15) is 4.79 Å². The first-order valence-corrected chi connectivity index (χ1v) is 8.61. The van der Waals surface area contributed by atoms with Crippen molar-refractivity contribution >= 4 is 11.7 Å². The second-order valence-electron chi connectivity index (χ2n) is 6.19. The van der Waals surface area contributed by atoms with Crippen LogP contribution in [-0.2, 0) is 27.2 Å². The number of carbonyl (C=O) groups is 1. The zero-order valence-electron chi connectivity index (χ0n) is 15.0. The van der Waals surface area contributed by atoms with E-state index >= 15 is 0 Å². The number of aromatic nitrogens is 2. The minimum atomic E-state index is -0.309. The number of methoxy groups -OCH3 is 1. The SMILES string of the molecule is CCOCc1nc2cc(C)ccn2c1C[C@H]1CN(C(=O)OC)CCO1. The summed E-state index contributed by atoms with van der Waals surface area (Å²) in [6.07, 6.45) is 2.30. The molecule has 7 nitrogen and oxygen atoms in total. The number of fused-ring (bicyclic) bond motifs is 1. The molecule has 3 rings (SSSR count). The summed E-state index contributed by atoms with van der Waals surface area (Å²) in [6, 6.07) is 4.12. The number of rotatable bonds is 5. The van der Waals surface area contributed by atoms with Gasteiger partial charge in [-0.15, -0.1) is 0 Å². The van der Waals surface area contributed by atoms with Crippen LogP contribution in [0.5, 0.6) is 0 Å². The van der Waals surface area contributed by atoms with E-state index in [0.717, 1.165) is 22.6 Å². The molecule has 1 atom stereocenters. The Bertz CT molecular complexity index is 743. The average Bonchev–Trinajstić information content (AvgIpc) is 2.96. The highest BCUT2D eigenvalue weighted by molar-refractivity contribution is 5.67. The predicted octanol–water partition coefficient (Wildman–Crippen LogP) is 2.19. The summed E-state index contributed by atoms with van der Waals surface area (Å²) in [4.78, 5) is 18.2. The van der Waals surface area contributed by atoms with E-state index < -0.39 is 0 Å². The Morgan fingerprint density at radius 3 is 3.08 bits per heavy atom. The smallest absolute Gasteiger partial charge is 0.409 e. The summed E-state index contributed by atoms with van der Waals surface area (Å²) in [5.74, 6) is 0. The van der Waals surface area contributed by atoms with Crippen LogP contribution < -0.4 is 0 Å². The summed E-state index contributed by atoms with van der Waals surface area (Å²) in [5, 5.41) is 0. The predicted molar refractivity (Wildman–Crippen MR) is 92.7 cm³/mol. The van der Waals surface area contributed by atoms with Crippen LogP contribution in [0.15, 0.2) is 18.3 Å². The van der Waals surface area contributed by atoms with E-state index in [2.05, 4.69) is 23.5 Å². The molecule has 136 valence electrons. The van der Waals surface area contributed by atoms with Crippen LogP contribution in [0.3, 0.4) is 0 Å². The molecule has 0 N–H and O–H groups in total. The molecule has 1 amide bonds. The lowest BCUT2D eigenvalue weighted by Crippen LogP contribution is -2.46. The molecule has 0 unspecified atom stereocenters. The third kappa shape index (κ3) is 3.93. The van der Waals surface area contributed by atoms with Crippen LogP contribution in [0.4, 0.5) is 4.79 Å². The zero-order valence-corrected chi connectivity index (χ0v) is 15.0. The van der Waals surface area contributed by atoms with Gasteiger partial charge in [0.25, 0.3) is 0 Å². The highest BCUT2D eigenvalue weighted by Gasteiger charge is 2.27. The summed E-state index contributed by atoms with van der Waals surface area (Å²) in [6.45, 7) is 6.72. The van der Waals surface area contributed by atoms with E-state index in [4.69, 9.17) is 19.2 Å². The molecule has 0 aliphatic carbocycles. The number of imidazole rings is 1. The topological polar surface area (TPSA) is 65.3 Å². The van der Waals surface area contributed by atoms with E-state index in [1.165, 1.54) is 7.11 Å². The largest absolute Gasteiger partial charge is 0.453 e. The molecule has 0 saturated carbocycles. The van der Waals surface area contributed by atoms with Crippen LogP contribution in [-0.4, -0.2) is 59.9 Å². The quantitative estimate of drug-likeness (QED) is 0.829. The molecule has 2 aromatic heterocycles. The number of pyridine rings is 1. The Kier molecular flexibility index (Phi) is 5.55. The number of amides is 1. The zero-order chi connectivity index (χ0) is 17.8. The van der Waals surface area contributed by atoms with Crippen molar-refractivity contribution in [1.29, 1.82) is 0 Å². The van der Waals surface area contributed by atoms with Crippen LogP contribution in [0, 0.1) is 6.92 Å². The van der Waals surface area contributed by atoms with Gasteiger partial charge in [0, 0.05) is 25.8 Å². The Balaban J connectivity index is 1.84.